The summed E-state index contributed by atoms with van der Waals surface area (Å²) in [7, 11) is 1.86. The quantitative estimate of drug-likeness (QED) is 0.392. The van der Waals surface area contributed by atoms with Gasteiger partial charge in [-0.2, -0.15) is 5.10 Å². The van der Waals surface area contributed by atoms with Gasteiger partial charge in [0.2, 0.25) is 5.91 Å². The molecule has 152 valence electrons. The van der Waals surface area contributed by atoms with Gasteiger partial charge in [0.05, 0.1) is 11.9 Å². The van der Waals surface area contributed by atoms with Crippen LogP contribution in [-0.4, -0.2) is 59.3 Å². The number of benzene rings is 1. The van der Waals surface area contributed by atoms with Crippen molar-refractivity contribution >= 4 is 41.5 Å². The molecule has 1 N–H and O–H groups in total. The standard InChI is InChI=1S/C20H28N6O.HI/c1-4-21-20(22-9-8-17-7-5-6-16(2)12-17)25-10-11-26(19(27)15-25)18-13-23-24(3)14-18;/h5-7,12-14H,4,8-11,15H2,1-3H3,(H,21,22);1H. The highest BCUT2D eigenvalue weighted by Crippen LogP contribution is 2.16. The van der Waals surface area contributed by atoms with Crippen LogP contribution in [0.1, 0.15) is 18.1 Å². The van der Waals surface area contributed by atoms with Crippen molar-refractivity contribution in [1.82, 2.24) is 20.0 Å². The minimum Gasteiger partial charge on any atom is -0.357 e. The van der Waals surface area contributed by atoms with Gasteiger partial charge in [0.15, 0.2) is 5.96 Å². The third kappa shape index (κ3) is 5.70. The number of hydrogen-bond acceptors (Lipinski definition) is 3. The highest BCUT2D eigenvalue weighted by Gasteiger charge is 2.27. The molecule has 1 fully saturated rings. The van der Waals surface area contributed by atoms with E-state index < -0.39 is 0 Å². The molecule has 2 heterocycles. The van der Waals surface area contributed by atoms with E-state index in [4.69, 9.17) is 4.99 Å². The van der Waals surface area contributed by atoms with Gasteiger partial charge >= 0.3 is 0 Å². The van der Waals surface area contributed by atoms with Gasteiger partial charge in [-0.1, -0.05) is 29.8 Å². The van der Waals surface area contributed by atoms with E-state index in [1.54, 1.807) is 15.8 Å². The molecule has 2 aromatic rings. The summed E-state index contributed by atoms with van der Waals surface area (Å²) in [4.78, 5) is 21.2. The lowest BCUT2D eigenvalue weighted by Gasteiger charge is -2.35. The molecule has 3 rings (SSSR count). The largest absolute Gasteiger partial charge is 0.357 e. The molecule has 0 aliphatic carbocycles. The van der Waals surface area contributed by atoms with E-state index in [0.29, 0.717) is 19.6 Å². The molecule has 1 aliphatic heterocycles. The molecule has 8 heteroatoms. The van der Waals surface area contributed by atoms with Gasteiger partial charge in [0.25, 0.3) is 0 Å². The van der Waals surface area contributed by atoms with Crippen LogP contribution in [0.3, 0.4) is 0 Å². The molecular formula is C20H29IN6O. The average Bonchev–Trinajstić information content (AvgIpc) is 3.07. The number of nitrogens with zero attached hydrogens (tertiary/aromatic N) is 5. The van der Waals surface area contributed by atoms with Crippen LogP contribution < -0.4 is 10.2 Å². The van der Waals surface area contributed by atoms with Gasteiger partial charge in [-0.05, 0) is 25.8 Å². The molecule has 1 aromatic carbocycles. The Labute approximate surface area is 183 Å². The van der Waals surface area contributed by atoms with E-state index in [2.05, 4.69) is 41.6 Å². The Morgan fingerprint density at radius 2 is 2.14 bits per heavy atom. The second kappa shape index (κ2) is 10.4. The SMILES string of the molecule is CCNC(=NCCc1cccc(C)c1)N1CCN(c2cnn(C)c2)C(=O)C1.I. The molecule has 0 radical (unpaired) electrons. The van der Waals surface area contributed by atoms with Crippen LogP contribution in [0, 0.1) is 6.92 Å². The number of aliphatic imine (C=N–C) groups is 1. The lowest BCUT2D eigenvalue weighted by atomic mass is 10.1. The lowest BCUT2D eigenvalue weighted by Crippen LogP contribution is -2.55. The van der Waals surface area contributed by atoms with Gasteiger partial charge in [-0.3, -0.25) is 14.5 Å². The molecular weight excluding hydrogens is 467 g/mol. The topological polar surface area (TPSA) is 65.8 Å². The second-order valence-electron chi connectivity index (χ2n) is 6.81. The minimum absolute atomic E-state index is 0. The number of carbonyl (C=O) groups excluding carboxylic acids is 1. The summed E-state index contributed by atoms with van der Waals surface area (Å²) in [5.74, 6) is 0.878. The smallest absolute Gasteiger partial charge is 0.246 e. The van der Waals surface area contributed by atoms with Gasteiger partial charge in [-0.15, -0.1) is 24.0 Å². The maximum Gasteiger partial charge on any atom is 0.246 e. The first kappa shape index (κ1) is 22.2. The van der Waals surface area contributed by atoms with Gasteiger partial charge < -0.3 is 15.1 Å². The van der Waals surface area contributed by atoms with E-state index in [1.165, 1.54) is 11.1 Å². The van der Waals surface area contributed by atoms with Crippen molar-refractivity contribution < 1.29 is 4.79 Å². The Balaban J connectivity index is 0.00000280. The first-order valence-electron chi connectivity index (χ1n) is 9.44. The Kier molecular flexibility index (Phi) is 8.28. The van der Waals surface area contributed by atoms with E-state index >= 15 is 0 Å². The summed E-state index contributed by atoms with van der Waals surface area (Å²) in [6.07, 6.45) is 4.49. The average molecular weight is 496 g/mol. The predicted octanol–water partition coefficient (Wildman–Crippen LogP) is 2.20. The Morgan fingerprint density at radius 1 is 1.32 bits per heavy atom. The summed E-state index contributed by atoms with van der Waals surface area (Å²) >= 11 is 0. The fourth-order valence-corrected chi connectivity index (χ4v) is 3.26. The molecule has 1 aromatic heterocycles. The van der Waals surface area contributed by atoms with Crippen molar-refractivity contribution in [3.05, 3.63) is 47.8 Å². The fraction of sp³-hybridized carbons (Fsp3) is 0.450. The lowest BCUT2D eigenvalue weighted by molar-refractivity contribution is -0.120. The first-order valence-corrected chi connectivity index (χ1v) is 9.44. The van der Waals surface area contributed by atoms with E-state index in [1.807, 2.05) is 25.1 Å². The summed E-state index contributed by atoms with van der Waals surface area (Å²) in [5, 5.41) is 7.48. The number of aromatic nitrogens is 2. The molecule has 0 saturated carbocycles. The van der Waals surface area contributed by atoms with Crippen LogP contribution in [0.4, 0.5) is 5.69 Å². The maximum absolute atomic E-state index is 12.6. The zero-order valence-electron chi connectivity index (χ0n) is 16.8. The van der Waals surface area contributed by atoms with Crippen molar-refractivity contribution in [1.29, 1.82) is 0 Å². The van der Waals surface area contributed by atoms with Crippen molar-refractivity contribution in [3.63, 3.8) is 0 Å². The summed E-state index contributed by atoms with van der Waals surface area (Å²) in [6.45, 7) is 7.33. The van der Waals surface area contributed by atoms with Crippen LogP contribution in [-0.2, 0) is 18.3 Å². The van der Waals surface area contributed by atoms with Crippen LogP contribution in [0.15, 0.2) is 41.7 Å². The monoisotopic (exact) mass is 496 g/mol. The zero-order chi connectivity index (χ0) is 19.2. The van der Waals surface area contributed by atoms with Crippen molar-refractivity contribution in [2.75, 3.05) is 37.6 Å². The summed E-state index contributed by atoms with van der Waals surface area (Å²) < 4.78 is 1.71. The third-order valence-corrected chi connectivity index (χ3v) is 4.60. The number of piperazine rings is 1. The predicted molar refractivity (Wildman–Crippen MR) is 123 cm³/mol. The number of guanidine groups is 1. The summed E-state index contributed by atoms with van der Waals surface area (Å²) in [6, 6.07) is 8.50. The second-order valence-corrected chi connectivity index (χ2v) is 6.81. The maximum atomic E-state index is 12.6. The van der Waals surface area contributed by atoms with Crippen molar-refractivity contribution in [2.45, 2.75) is 20.3 Å². The number of anilines is 1. The first-order chi connectivity index (χ1) is 13.1. The third-order valence-electron chi connectivity index (χ3n) is 4.60. The van der Waals surface area contributed by atoms with Gasteiger partial charge in [0, 0.05) is 39.4 Å². The molecule has 7 nitrogen and oxygen atoms in total. The number of nitrogens with one attached hydrogen (secondary N) is 1. The molecule has 0 atom stereocenters. The number of carbonyl (C=O) groups is 1. The van der Waals surface area contributed by atoms with E-state index in [9.17, 15) is 4.79 Å². The highest BCUT2D eigenvalue weighted by atomic mass is 127. The molecule has 0 spiro atoms. The highest BCUT2D eigenvalue weighted by molar-refractivity contribution is 14.0. The minimum atomic E-state index is 0. The molecule has 28 heavy (non-hydrogen) atoms. The van der Waals surface area contributed by atoms with Crippen molar-refractivity contribution in [2.24, 2.45) is 12.0 Å². The number of rotatable bonds is 5. The molecule has 0 bridgehead atoms. The fourth-order valence-electron chi connectivity index (χ4n) is 3.26. The van der Waals surface area contributed by atoms with E-state index in [-0.39, 0.29) is 29.9 Å². The summed E-state index contributed by atoms with van der Waals surface area (Å²) in [5.41, 5.74) is 3.40. The van der Waals surface area contributed by atoms with Crippen LogP contribution in [0.25, 0.3) is 0 Å². The van der Waals surface area contributed by atoms with E-state index in [0.717, 1.165) is 31.2 Å². The number of halogens is 1. The van der Waals surface area contributed by atoms with Crippen LogP contribution in [0.2, 0.25) is 0 Å². The number of hydrogen-bond donors (Lipinski definition) is 1. The van der Waals surface area contributed by atoms with Gasteiger partial charge in [0.1, 0.15) is 6.54 Å². The zero-order valence-corrected chi connectivity index (χ0v) is 19.1. The number of aryl methyl sites for hydroxylation is 2. The Hall–Kier alpha value is -2.10. The normalized spacial score (nSPS) is 14.8. The molecule has 1 amide bonds. The van der Waals surface area contributed by atoms with Crippen LogP contribution in [0.5, 0.6) is 0 Å². The Bertz CT molecular complexity index is 819. The molecule has 1 aliphatic rings. The molecule has 0 unspecified atom stereocenters. The molecule has 1 saturated heterocycles. The van der Waals surface area contributed by atoms with Crippen molar-refractivity contribution in [3.8, 4) is 0 Å². The number of amides is 1. The van der Waals surface area contributed by atoms with Gasteiger partial charge in [-0.25, -0.2) is 0 Å². The van der Waals surface area contributed by atoms with Crippen LogP contribution >= 0.6 is 24.0 Å². The Morgan fingerprint density at radius 3 is 2.79 bits per heavy atom.